The number of carbonyl (C=O) groups is 1. The Hall–Kier alpha value is -2.37. The van der Waals surface area contributed by atoms with E-state index in [4.69, 9.17) is 5.11 Å². The summed E-state index contributed by atoms with van der Waals surface area (Å²) in [6.45, 7) is 2.46. The summed E-state index contributed by atoms with van der Waals surface area (Å²) in [5.74, 6) is -0.359. The Kier molecular flexibility index (Phi) is 3.79. The molecule has 0 aromatic carbocycles. The van der Waals surface area contributed by atoms with Gasteiger partial charge in [-0.15, -0.1) is 0 Å². The van der Waals surface area contributed by atoms with Gasteiger partial charge in [0.25, 0.3) is 0 Å². The Morgan fingerprint density at radius 2 is 2.26 bits per heavy atom. The molecule has 0 aliphatic heterocycles. The van der Waals surface area contributed by atoms with E-state index in [-0.39, 0.29) is 5.56 Å². The number of anilines is 1. The molecule has 19 heavy (non-hydrogen) atoms. The summed E-state index contributed by atoms with van der Waals surface area (Å²) in [7, 11) is 1.87. The molecule has 0 saturated carbocycles. The predicted molar refractivity (Wildman–Crippen MR) is 71.3 cm³/mol. The van der Waals surface area contributed by atoms with Crippen LogP contribution in [-0.4, -0.2) is 32.4 Å². The Labute approximate surface area is 111 Å². The molecule has 0 aliphatic carbocycles. The SMILES string of the molecule is Cc1cc(C(=O)O)cc(NCCc2cnn(C)c2)n1. The summed E-state index contributed by atoms with van der Waals surface area (Å²) in [6, 6.07) is 3.09. The molecule has 2 heterocycles. The first-order valence-corrected chi connectivity index (χ1v) is 5.98. The normalized spacial score (nSPS) is 10.4. The largest absolute Gasteiger partial charge is 0.478 e. The van der Waals surface area contributed by atoms with E-state index in [1.54, 1.807) is 23.7 Å². The Morgan fingerprint density at radius 1 is 1.47 bits per heavy atom. The molecule has 100 valence electrons. The number of hydrogen-bond acceptors (Lipinski definition) is 4. The van der Waals surface area contributed by atoms with Crippen molar-refractivity contribution in [2.45, 2.75) is 13.3 Å². The number of carboxylic acid groups (broad SMARTS) is 1. The fourth-order valence-corrected chi connectivity index (χ4v) is 1.82. The lowest BCUT2D eigenvalue weighted by molar-refractivity contribution is 0.0696. The molecule has 2 aromatic rings. The van der Waals surface area contributed by atoms with Gasteiger partial charge in [0.05, 0.1) is 11.8 Å². The van der Waals surface area contributed by atoms with Crippen molar-refractivity contribution in [1.29, 1.82) is 0 Å². The molecule has 6 nitrogen and oxygen atoms in total. The maximum Gasteiger partial charge on any atom is 0.335 e. The molecule has 0 saturated heterocycles. The van der Waals surface area contributed by atoms with Crippen LogP contribution < -0.4 is 5.32 Å². The molecule has 0 aliphatic rings. The molecule has 2 aromatic heterocycles. The average Bonchev–Trinajstić information content (AvgIpc) is 2.74. The van der Waals surface area contributed by atoms with Crippen LogP contribution in [0.2, 0.25) is 0 Å². The lowest BCUT2D eigenvalue weighted by Crippen LogP contribution is -2.08. The monoisotopic (exact) mass is 260 g/mol. The maximum absolute atomic E-state index is 10.9. The van der Waals surface area contributed by atoms with E-state index in [1.165, 1.54) is 0 Å². The van der Waals surface area contributed by atoms with E-state index in [2.05, 4.69) is 15.4 Å². The predicted octanol–water partition coefficient (Wildman–Crippen LogP) is 1.48. The number of nitrogens with one attached hydrogen (secondary N) is 1. The number of pyridine rings is 1. The van der Waals surface area contributed by atoms with Gasteiger partial charge in [0.1, 0.15) is 5.82 Å². The van der Waals surface area contributed by atoms with E-state index >= 15 is 0 Å². The van der Waals surface area contributed by atoms with Crippen molar-refractivity contribution in [3.05, 3.63) is 41.3 Å². The minimum atomic E-state index is -0.944. The van der Waals surface area contributed by atoms with Gasteiger partial charge in [0, 0.05) is 25.5 Å². The summed E-state index contributed by atoms with van der Waals surface area (Å²) in [5.41, 5.74) is 2.06. The number of aryl methyl sites for hydroxylation is 2. The fraction of sp³-hybridized carbons (Fsp3) is 0.308. The van der Waals surface area contributed by atoms with Crippen molar-refractivity contribution in [2.24, 2.45) is 7.05 Å². The van der Waals surface area contributed by atoms with E-state index in [0.29, 0.717) is 18.1 Å². The van der Waals surface area contributed by atoms with Crippen LogP contribution in [-0.2, 0) is 13.5 Å². The van der Waals surface area contributed by atoms with Gasteiger partial charge < -0.3 is 10.4 Å². The molecule has 0 unspecified atom stereocenters. The van der Waals surface area contributed by atoms with Crippen LogP contribution in [0.1, 0.15) is 21.6 Å². The molecule has 2 rings (SSSR count). The van der Waals surface area contributed by atoms with Gasteiger partial charge in [-0.3, -0.25) is 4.68 Å². The number of hydrogen-bond donors (Lipinski definition) is 2. The van der Waals surface area contributed by atoms with E-state index in [9.17, 15) is 4.79 Å². The highest BCUT2D eigenvalue weighted by Gasteiger charge is 2.06. The first kappa shape index (κ1) is 13.1. The molecule has 0 spiro atoms. The minimum Gasteiger partial charge on any atom is -0.478 e. The first-order chi connectivity index (χ1) is 9.04. The molecular formula is C13H16N4O2. The number of aromatic carboxylic acids is 1. The van der Waals surface area contributed by atoms with Gasteiger partial charge >= 0.3 is 5.97 Å². The maximum atomic E-state index is 10.9. The van der Waals surface area contributed by atoms with Gasteiger partial charge in [0.15, 0.2) is 0 Å². The molecule has 0 fully saturated rings. The summed E-state index contributed by atoms with van der Waals surface area (Å²) in [4.78, 5) is 15.2. The van der Waals surface area contributed by atoms with E-state index in [0.717, 1.165) is 12.0 Å². The zero-order valence-electron chi connectivity index (χ0n) is 10.9. The number of nitrogens with zero attached hydrogens (tertiary/aromatic N) is 3. The van der Waals surface area contributed by atoms with Crippen LogP contribution in [0.3, 0.4) is 0 Å². The third-order valence-corrected chi connectivity index (χ3v) is 2.68. The summed E-state index contributed by atoms with van der Waals surface area (Å²) in [6.07, 6.45) is 4.58. The second kappa shape index (κ2) is 5.51. The minimum absolute atomic E-state index is 0.247. The quantitative estimate of drug-likeness (QED) is 0.851. The molecule has 0 radical (unpaired) electrons. The van der Waals surface area contributed by atoms with Crippen LogP contribution in [0.15, 0.2) is 24.5 Å². The lowest BCUT2D eigenvalue weighted by Gasteiger charge is -2.06. The molecule has 2 N–H and O–H groups in total. The molecule has 6 heteroatoms. The van der Waals surface area contributed by atoms with E-state index < -0.39 is 5.97 Å². The Balaban J connectivity index is 1.97. The summed E-state index contributed by atoms with van der Waals surface area (Å²) < 4.78 is 1.75. The highest BCUT2D eigenvalue weighted by atomic mass is 16.4. The van der Waals surface area contributed by atoms with Crippen LogP contribution >= 0.6 is 0 Å². The summed E-state index contributed by atoms with van der Waals surface area (Å²) in [5, 5.41) is 16.2. The lowest BCUT2D eigenvalue weighted by atomic mass is 10.2. The second-order valence-electron chi connectivity index (χ2n) is 4.39. The van der Waals surface area contributed by atoms with Gasteiger partial charge in [-0.05, 0) is 31.0 Å². The summed E-state index contributed by atoms with van der Waals surface area (Å²) >= 11 is 0. The smallest absolute Gasteiger partial charge is 0.335 e. The zero-order chi connectivity index (χ0) is 13.8. The van der Waals surface area contributed by atoms with Crippen LogP contribution in [0, 0.1) is 6.92 Å². The zero-order valence-corrected chi connectivity index (χ0v) is 10.9. The van der Waals surface area contributed by atoms with Crippen LogP contribution in [0.4, 0.5) is 5.82 Å². The highest BCUT2D eigenvalue weighted by molar-refractivity contribution is 5.88. The average molecular weight is 260 g/mol. The van der Waals surface area contributed by atoms with Crippen molar-refractivity contribution in [1.82, 2.24) is 14.8 Å². The second-order valence-corrected chi connectivity index (χ2v) is 4.39. The highest BCUT2D eigenvalue weighted by Crippen LogP contribution is 2.10. The number of rotatable bonds is 5. The van der Waals surface area contributed by atoms with Crippen molar-refractivity contribution in [3.8, 4) is 0 Å². The molecular weight excluding hydrogens is 244 g/mol. The van der Waals surface area contributed by atoms with Crippen molar-refractivity contribution in [2.75, 3.05) is 11.9 Å². The fourth-order valence-electron chi connectivity index (χ4n) is 1.82. The third-order valence-electron chi connectivity index (χ3n) is 2.68. The van der Waals surface area contributed by atoms with Crippen LogP contribution in [0.25, 0.3) is 0 Å². The van der Waals surface area contributed by atoms with Crippen molar-refractivity contribution >= 4 is 11.8 Å². The molecule has 0 bridgehead atoms. The van der Waals surface area contributed by atoms with Gasteiger partial charge in [-0.25, -0.2) is 9.78 Å². The van der Waals surface area contributed by atoms with Gasteiger partial charge in [0.2, 0.25) is 0 Å². The van der Waals surface area contributed by atoms with E-state index in [1.807, 2.05) is 19.4 Å². The Morgan fingerprint density at radius 3 is 2.89 bits per heavy atom. The van der Waals surface area contributed by atoms with Crippen molar-refractivity contribution < 1.29 is 9.90 Å². The first-order valence-electron chi connectivity index (χ1n) is 5.98. The van der Waals surface area contributed by atoms with Crippen LogP contribution in [0.5, 0.6) is 0 Å². The number of carboxylic acids is 1. The van der Waals surface area contributed by atoms with Crippen molar-refractivity contribution in [3.63, 3.8) is 0 Å². The van der Waals surface area contributed by atoms with Gasteiger partial charge in [-0.2, -0.15) is 5.10 Å². The number of aromatic nitrogens is 3. The molecule has 0 amide bonds. The standard InChI is InChI=1S/C13H16N4O2/c1-9-5-11(13(18)19)6-12(16-9)14-4-3-10-7-15-17(2)8-10/h5-8H,3-4H2,1-2H3,(H,14,16)(H,18,19). The third kappa shape index (κ3) is 3.54. The molecule has 0 atom stereocenters. The topological polar surface area (TPSA) is 80.0 Å². The Bertz CT molecular complexity index is 592. The van der Waals surface area contributed by atoms with Gasteiger partial charge in [-0.1, -0.05) is 0 Å².